The zero-order valence-corrected chi connectivity index (χ0v) is 12.8. The maximum Gasteiger partial charge on any atom is 0.198 e. The van der Waals surface area contributed by atoms with Crippen LogP contribution >= 0.6 is 12.2 Å². The molecule has 112 valence electrons. The van der Waals surface area contributed by atoms with Crippen LogP contribution in [-0.2, 0) is 13.7 Å². The van der Waals surface area contributed by atoms with E-state index in [4.69, 9.17) is 12.2 Å². The topological polar surface area (TPSA) is 29.2 Å². The van der Waals surface area contributed by atoms with E-state index in [1.54, 1.807) is 6.33 Å². The average Bonchev–Trinajstić information content (AvgIpc) is 2.81. The van der Waals surface area contributed by atoms with Crippen LogP contribution in [0.1, 0.15) is 0 Å². The lowest BCUT2D eigenvalue weighted by Gasteiger charge is -2.35. The normalized spacial score (nSPS) is 16.4. The van der Waals surface area contributed by atoms with Crippen LogP contribution in [0.4, 0.5) is 10.1 Å². The van der Waals surface area contributed by atoms with Crippen LogP contribution in [0.2, 0.25) is 0 Å². The first-order valence-corrected chi connectivity index (χ1v) is 7.35. The third-order valence-corrected chi connectivity index (χ3v) is 4.28. The molecule has 0 spiro atoms. The lowest BCUT2D eigenvalue weighted by atomic mass is 10.2. The first-order valence-electron chi connectivity index (χ1n) is 6.95. The van der Waals surface area contributed by atoms with Gasteiger partial charge in [0.25, 0.3) is 0 Å². The number of benzene rings is 1. The third kappa shape index (κ3) is 3.14. The van der Waals surface area contributed by atoms with Gasteiger partial charge in [-0.05, 0) is 36.5 Å². The van der Waals surface area contributed by atoms with Crippen molar-refractivity contribution in [3.8, 4) is 0 Å². The molecule has 0 radical (unpaired) electrons. The second-order valence-corrected chi connectivity index (χ2v) is 5.61. The van der Waals surface area contributed by atoms with Gasteiger partial charge in [-0.2, -0.15) is 5.10 Å². The van der Waals surface area contributed by atoms with Gasteiger partial charge in [0.05, 0.1) is 6.67 Å². The highest BCUT2D eigenvalue weighted by molar-refractivity contribution is 7.71. The predicted octanol–water partition coefficient (Wildman–Crippen LogP) is 1.87. The summed E-state index contributed by atoms with van der Waals surface area (Å²) < 4.78 is 17.4. The summed E-state index contributed by atoms with van der Waals surface area (Å²) in [6.45, 7) is 4.44. The highest BCUT2D eigenvalue weighted by Crippen LogP contribution is 2.17. The molecule has 3 rings (SSSR count). The molecule has 1 aliphatic rings. The lowest BCUT2D eigenvalue weighted by molar-refractivity contribution is 0.194. The summed E-state index contributed by atoms with van der Waals surface area (Å²) in [5, 5.41) is 4.27. The van der Waals surface area contributed by atoms with E-state index < -0.39 is 0 Å². The Morgan fingerprint density at radius 1 is 1.14 bits per heavy atom. The summed E-state index contributed by atoms with van der Waals surface area (Å²) in [5.74, 6) is -0.193. The van der Waals surface area contributed by atoms with Gasteiger partial charge in [-0.3, -0.25) is 4.90 Å². The van der Waals surface area contributed by atoms with E-state index in [0.717, 1.165) is 43.3 Å². The number of piperazine rings is 1. The van der Waals surface area contributed by atoms with Gasteiger partial charge >= 0.3 is 0 Å². The molecule has 1 fully saturated rings. The van der Waals surface area contributed by atoms with E-state index in [1.807, 2.05) is 28.4 Å². The quantitative estimate of drug-likeness (QED) is 0.810. The Bertz CT molecular complexity index is 655. The molecule has 5 nitrogen and oxygen atoms in total. The molecule has 2 aromatic rings. The Balaban J connectivity index is 1.59. The number of anilines is 1. The number of rotatable bonds is 3. The second kappa shape index (κ2) is 5.95. The van der Waals surface area contributed by atoms with E-state index in [2.05, 4.69) is 14.9 Å². The summed E-state index contributed by atoms with van der Waals surface area (Å²) in [7, 11) is 1.90. The number of hydrogen-bond donors (Lipinski definition) is 0. The minimum Gasteiger partial charge on any atom is -0.369 e. The second-order valence-electron chi connectivity index (χ2n) is 5.25. The molecule has 0 atom stereocenters. The lowest BCUT2D eigenvalue weighted by Crippen LogP contribution is -2.47. The van der Waals surface area contributed by atoms with Crippen LogP contribution in [0.15, 0.2) is 30.6 Å². The predicted molar refractivity (Wildman–Crippen MR) is 82.2 cm³/mol. The van der Waals surface area contributed by atoms with E-state index in [-0.39, 0.29) is 5.82 Å². The largest absolute Gasteiger partial charge is 0.369 e. The van der Waals surface area contributed by atoms with E-state index in [0.29, 0.717) is 0 Å². The Labute approximate surface area is 128 Å². The monoisotopic (exact) mass is 307 g/mol. The van der Waals surface area contributed by atoms with Gasteiger partial charge in [0.15, 0.2) is 4.77 Å². The fraction of sp³-hybridized carbons (Fsp3) is 0.429. The van der Waals surface area contributed by atoms with E-state index >= 15 is 0 Å². The highest BCUT2D eigenvalue weighted by atomic mass is 32.1. The Hall–Kier alpha value is -1.73. The molecule has 1 aromatic heterocycles. The molecule has 0 N–H and O–H groups in total. The minimum absolute atomic E-state index is 0.193. The maximum absolute atomic E-state index is 12.9. The van der Waals surface area contributed by atoms with E-state index in [1.165, 1.54) is 12.1 Å². The van der Waals surface area contributed by atoms with Gasteiger partial charge in [0.2, 0.25) is 0 Å². The van der Waals surface area contributed by atoms with Crippen molar-refractivity contribution >= 4 is 17.9 Å². The number of aryl methyl sites for hydroxylation is 1. The summed E-state index contributed by atoms with van der Waals surface area (Å²) >= 11 is 5.30. The van der Waals surface area contributed by atoms with Crippen molar-refractivity contribution in [1.82, 2.24) is 19.2 Å². The van der Waals surface area contributed by atoms with Crippen LogP contribution in [-0.4, -0.2) is 45.4 Å². The number of aromatic nitrogens is 3. The van der Waals surface area contributed by atoms with Gasteiger partial charge in [0.1, 0.15) is 12.1 Å². The maximum atomic E-state index is 12.9. The smallest absolute Gasteiger partial charge is 0.198 e. The van der Waals surface area contributed by atoms with Crippen LogP contribution in [0, 0.1) is 10.6 Å². The zero-order chi connectivity index (χ0) is 14.8. The molecule has 0 bridgehead atoms. The van der Waals surface area contributed by atoms with Crippen molar-refractivity contribution in [3.63, 3.8) is 0 Å². The van der Waals surface area contributed by atoms with Crippen LogP contribution in [0.3, 0.4) is 0 Å². The number of halogens is 1. The Morgan fingerprint density at radius 2 is 1.81 bits per heavy atom. The van der Waals surface area contributed by atoms with E-state index in [9.17, 15) is 4.39 Å². The molecule has 1 aliphatic heterocycles. The van der Waals surface area contributed by atoms with Crippen molar-refractivity contribution in [2.75, 3.05) is 31.1 Å². The molecular weight excluding hydrogens is 289 g/mol. The first kappa shape index (κ1) is 14.2. The van der Waals surface area contributed by atoms with Crippen molar-refractivity contribution in [2.45, 2.75) is 6.67 Å². The fourth-order valence-corrected chi connectivity index (χ4v) is 2.66. The SMILES string of the molecule is Cn1cnn(CN2CCN(c3ccc(F)cc3)CC2)c1=S. The summed E-state index contributed by atoms with van der Waals surface area (Å²) in [6.07, 6.45) is 1.73. The first-order chi connectivity index (χ1) is 10.1. The van der Waals surface area contributed by atoms with Crippen LogP contribution in [0.25, 0.3) is 0 Å². The average molecular weight is 307 g/mol. The molecule has 1 aromatic carbocycles. The van der Waals surface area contributed by atoms with Crippen molar-refractivity contribution in [1.29, 1.82) is 0 Å². The molecule has 21 heavy (non-hydrogen) atoms. The highest BCUT2D eigenvalue weighted by Gasteiger charge is 2.18. The standard InChI is InChI=1S/C14H18FN5S/c1-17-10-16-20(14(17)21)11-18-6-8-19(9-7-18)13-4-2-12(15)3-5-13/h2-5,10H,6-9,11H2,1H3. The van der Waals surface area contributed by atoms with Gasteiger partial charge in [-0.25, -0.2) is 9.07 Å². The summed E-state index contributed by atoms with van der Waals surface area (Å²) in [4.78, 5) is 4.59. The molecule has 0 saturated carbocycles. The molecular formula is C14H18FN5S. The Morgan fingerprint density at radius 3 is 2.38 bits per heavy atom. The zero-order valence-electron chi connectivity index (χ0n) is 11.9. The van der Waals surface area contributed by atoms with Gasteiger partial charge in [-0.1, -0.05) is 0 Å². The van der Waals surface area contributed by atoms with Crippen molar-refractivity contribution in [3.05, 3.63) is 41.2 Å². The number of hydrogen-bond acceptors (Lipinski definition) is 4. The van der Waals surface area contributed by atoms with Crippen molar-refractivity contribution < 1.29 is 4.39 Å². The number of nitrogens with zero attached hydrogens (tertiary/aromatic N) is 5. The van der Waals surface area contributed by atoms with Crippen molar-refractivity contribution in [2.24, 2.45) is 7.05 Å². The molecule has 1 saturated heterocycles. The molecule has 0 amide bonds. The minimum atomic E-state index is -0.193. The van der Waals surface area contributed by atoms with Crippen LogP contribution < -0.4 is 4.90 Å². The molecule has 2 heterocycles. The molecule has 0 unspecified atom stereocenters. The summed E-state index contributed by atoms with van der Waals surface area (Å²) in [5.41, 5.74) is 1.07. The van der Waals surface area contributed by atoms with Gasteiger partial charge in [0, 0.05) is 38.9 Å². The summed E-state index contributed by atoms with van der Waals surface area (Å²) in [6, 6.07) is 6.68. The molecule has 7 heteroatoms. The third-order valence-electron chi connectivity index (χ3n) is 3.78. The molecule has 0 aliphatic carbocycles. The van der Waals surface area contributed by atoms with Gasteiger partial charge < -0.3 is 9.47 Å². The van der Waals surface area contributed by atoms with Gasteiger partial charge in [-0.15, -0.1) is 0 Å². The Kier molecular flexibility index (Phi) is 4.03. The van der Waals surface area contributed by atoms with Crippen LogP contribution in [0.5, 0.6) is 0 Å². The fourth-order valence-electron chi connectivity index (χ4n) is 2.51.